The Labute approximate surface area is 148 Å². The minimum Gasteiger partial charge on any atom is -0.387 e. The van der Waals surface area contributed by atoms with Gasteiger partial charge in [0.25, 0.3) is 5.56 Å². The molecule has 2 aromatic heterocycles. The number of aliphatic hydroxyl groups is 1. The molecule has 2 rings (SSSR count). The summed E-state index contributed by atoms with van der Waals surface area (Å²) in [7, 11) is -4.76. The second-order valence-electron chi connectivity index (χ2n) is 7.54. The first-order chi connectivity index (χ1) is 11.4. The Morgan fingerprint density at radius 3 is 2.52 bits per heavy atom. The van der Waals surface area contributed by atoms with Crippen molar-refractivity contribution in [3.63, 3.8) is 0 Å². The van der Waals surface area contributed by atoms with Gasteiger partial charge in [-0.25, -0.2) is 8.42 Å². The minimum atomic E-state index is -3.52. The third-order valence-electron chi connectivity index (χ3n) is 3.99. The van der Waals surface area contributed by atoms with Crippen molar-refractivity contribution in [1.82, 2.24) is 9.55 Å². The lowest BCUT2D eigenvalue weighted by atomic mass is 10.2. The second kappa shape index (κ2) is 7.06. The van der Waals surface area contributed by atoms with E-state index in [1.807, 2.05) is 0 Å². The van der Waals surface area contributed by atoms with Crippen LogP contribution in [-0.2, 0) is 21.3 Å². The van der Waals surface area contributed by atoms with E-state index < -0.39 is 29.6 Å². The van der Waals surface area contributed by atoms with Crippen molar-refractivity contribution >= 4 is 28.8 Å². The summed E-state index contributed by atoms with van der Waals surface area (Å²) in [4.78, 5) is 14.8. The smallest absolute Gasteiger partial charge is 0.272 e. The molecule has 2 aromatic rings. The van der Waals surface area contributed by atoms with Gasteiger partial charge in [0.05, 0.1) is 11.0 Å². The number of ether oxygens (including phenoxy) is 1. The van der Waals surface area contributed by atoms with E-state index in [0.29, 0.717) is 17.7 Å². The fourth-order valence-corrected chi connectivity index (χ4v) is 4.19. The Hall–Kier alpha value is -1.42. The van der Waals surface area contributed by atoms with Crippen molar-refractivity contribution in [2.24, 2.45) is 0 Å². The molecular formula is C16H26N2O5SSi. The van der Waals surface area contributed by atoms with Crippen molar-refractivity contribution in [2.45, 2.75) is 50.3 Å². The van der Waals surface area contributed by atoms with Gasteiger partial charge < -0.3 is 19.4 Å². The van der Waals surface area contributed by atoms with Gasteiger partial charge in [0.15, 0.2) is 9.84 Å². The highest BCUT2D eigenvalue weighted by molar-refractivity contribution is 7.91. The first kappa shape index (κ1) is 19.9. The number of nitrogens with one attached hydrogen (secondary N) is 1. The molecule has 140 valence electrons. The predicted octanol–water partition coefficient (Wildman–Crippen LogP) is 2.10. The molecule has 0 aliphatic heterocycles. The molecule has 25 heavy (non-hydrogen) atoms. The summed E-state index contributed by atoms with van der Waals surface area (Å²) in [5.74, 6) is 0. The van der Waals surface area contributed by atoms with Crippen LogP contribution in [0.1, 0.15) is 18.7 Å². The zero-order valence-electron chi connectivity index (χ0n) is 15.3. The minimum absolute atomic E-state index is 0.0323. The topological polar surface area (TPSA) is 101 Å². The molecule has 0 aromatic carbocycles. The van der Waals surface area contributed by atoms with E-state index in [1.165, 1.54) is 6.20 Å². The monoisotopic (exact) mass is 386 g/mol. The number of aromatic nitrogens is 2. The molecule has 0 saturated heterocycles. The zero-order valence-corrected chi connectivity index (χ0v) is 17.1. The summed E-state index contributed by atoms with van der Waals surface area (Å²) in [6, 6.07) is 2.52. The predicted molar refractivity (Wildman–Crippen MR) is 100 cm³/mol. The van der Waals surface area contributed by atoms with Crippen molar-refractivity contribution in [2.75, 3.05) is 12.9 Å². The lowest BCUT2D eigenvalue weighted by molar-refractivity contribution is 0.0810. The van der Waals surface area contributed by atoms with Gasteiger partial charge in [0.1, 0.15) is 12.2 Å². The first-order valence-corrected chi connectivity index (χ1v) is 13.7. The third-order valence-corrected chi connectivity index (χ3v) is 6.83. The number of hydrogen-bond acceptors (Lipinski definition) is 5. The number of sulfone groups is 1. The molecule has 1 atom stereocenters. The molecule has 2 N–H and O–H groups in total. The fraction of sp³-hybridized carbons (Fsp3) is 0.562. The van der Waals surface area contributed by atoms with Crippen LogP contribution in [0.5, 0.6) is 0 Å². The SMILES string of the molecule is CC(O)c1cc2c(S(C)(=O)=O)c[nH]c(=O)c2n1COCC[Si](C)(C)C. The molecule has 0 saturated carbocycles. The van der Waals surface area contributed by atoms with Gasteiger partial charge in [0, 0.05) is 38.2 Å². The molecule has 9 heteroatoms. The average Bonchev–Trinajstić information content (AvgIpc) is 2.82. The van der Waals surface area contributed by atoms with Gasteiger partial charge in [-0.15, -0.1) is 0 Å². The highest BCUT2D eigenvalue weighted by Crippen LogP contribution is 2.27. The first-order valence-electron chi connectivity index (χ1n) is 8.12. The van der Waals surface area contributed by atoms with E-state index >= 15 is 0 Å². The fourth-order valence-electron chi connectivity index (χ4n) is 2.60. The van der Waals surface area contributed by atoms with Crippen LogP contribution < -0.4 is 5.56 Å². The van der Waals surface area contributed by atoms with Crippen LogP contribution >= 0.6 is 0 Å². The normalized spacial score (nSPS) is 14.2. The molecule has 2 heterocycles. The summed E-state index contributed by atoms with van der Waals surface area (Å²) in [5, 5.41) is 10.3. The molecule has 0 aliphatic rings. The van der Waals surface area contributed by atoms with E-state index in [4.69, 9.17) is 4.74 Å². The van der Waals surface area contributed by atoms with Gasteiger partial charge in [-0.05, 0) is 19.0 Å². The highest BCUT2D eigenvalue weighted by Gasteiger charge is 2.22. The highest BCUT2D eigenvalue weighted by atomic mass is 32.2. The Bertz CT molecular complexity index is 922. The third kappa shape index (κ3) is 4.60. The largest absolute Gasteiger partial charge is 0.387 e. The molecule has 1 unspecified atom stereocenters. The summed E-state index contributed by atoms with van der Waals surface area (Å²) in [6.07, 6.45) is 1.42. The Balaban J connectivity index is 2.51. The zero-order chi connectivity index (χ0) is 19.0. The number of pyridine rings is 1. The molecule has 0 amide bonds. The number of aliphatic hydroxyl groups excluding tert-OH is 1. The van der Waals surface area contributed by atoms with Crippen molar-refractivity contribution in [3.8, 4) is 0 Å². The van der Waals surface area contributed by atoms with Gasteiger partial charge in [-0.2, -0.15) is 0 Å². The maximum absolute atomic E-state index is 12.3. The van der Waals surface area contributed by atoms with Crippen molar-refractivity contribution in [3.05, 3.63) is 28.3 Å². The Morgan fingerprint density at radius 2 is 2.00 bits per heavy atom. The second-order valence-corrected chi connectivity index (χ2v) is 15.1. The lowest BCUT2D eigenvalue weighted by Gasteiger charge is -2.17. The number of H-pyrrole nitrogens is 1. The van der Waals surface area contributed by atoms with Gasteiger partial charge in [-0.1, -0.05) is 19.6 Å². The Kier molecular flexibility index (Phi) is 5.62. The molecule has 7 nitrogen and oxygen atoms in total. The maximum atomic E-state index is 12.3. The maximum Gasteiger partial charge on any atom is 0.272 e. The van der Waals surface area contributed by atoms with Crippen LogP contribution in [0.4, 0.5) is 0 Å². The summed E-state index contributed by atoms with van der Waals surface area (Å²) < 4.78 is 31.3. The van der Waals surface area contributed by atoms with Gasteiger partial charge in [-0.3, -0.25) is 4.79 Å². The lowest BCUT2D eigenvalue weighted by Crippen LogP contribution is -2.22. The van der Waals surface area contributed by atoms with Crippen LogP contribution in [0.15, 0.2) is 22.0 Å². The number of rotatable bonds is 7. The van der Waals surface area contributed by atoms with E-state index in [1.54, 1.807) is 17.6 Å². The van der Waals surface area contributed by atoms with E-state index in [9.17, 15) is 18.3 Å². The molecule has 0 aliphatic carbocycles. The van der Waals surface area contributed by atoms with Crippen molar-refractivity contribution < 1.29 is 18.3 Å². The molecule has 0 fully saturated rings. The van der Waals surface area contributed by atoms with Crippen LogP contribution in [0.3, 0.4) is 0 Å². The summed E-state index contributed by atoms with van der Waals surface area (Å²) >= 11 is 0. The van der Waals surface area contributed by atoms with E-state index in [-0.39, 0.29) is 17.1 Å². The van der Waals surface area contributed by atoms with Crippen LogP contribution in [0.25, 0.3) is 10.9 Å². The van der Waals surface area contributed by atoms with Crippen LogP contribution in [-0.4, -0.2) is 44.0 Å². The Morgan fingerprint density at radius 1 is 1.36 bits per heavy atom. The van der Waals surface area contributed by atoms with Crippen LogP contribution in [0, 0.1) is 0 Å². The molecule has 0 radical (unpaired) electrons. The van der Waals surface area contributed by atoms with Gasteiger partial charge >= 0.3 is 0 Å². The van der Waals surface area contributed by atoms with Gasteiger partial charge in [0.2, 0.25) is 0 Å². The number of nitrogens with zero attached hydrogens (tertiary/aromatic N) is 1. The van der Waals surface area contributed by atoms with Crippen LogP contribution in [0.2, 0.25) is 25.7 Å². The summed E-state index contributed by atoms with van der Waals surface area (Å²) in [6.45, 7) is 8.94. The molecule has 0 bridgehead atoms. The number of fused-ring (bicyclic) bond motifs is 1. The molecule has 0 spiro atoms. The van der Waals surface area contributed by atoms with E-state index in [2.05, 4.69) is 24.6 Å². The average molecular weight is 387 g/mol. The van der Waals surface area contributed by atoms with Crippen molar-refractivity contribution in [1.29, 1.82) is 0 Å². The summed E-state index contributed by atoms with van der Waals surface area (Å²) in [5.41, 5.74) is 0.236. The molecular weight excluding hydrogens is 360 g/mol. The standard InChI is InChI=1S/C16H26N2O5SSi/c1-11(19)13-8-12-14(24(2,21)22)9-17-16(20)15(12)18(13)10-23-6-7-25(3,4)5/h8-9,11,19H,6-7,10H2,1-5H3,(H,17,20). The quantitative estimate of drug-likeness (QED) is 0.560. The number of hydrogen-bond donors (Lipinski definition) is 2. The number of aromatic amines is 1. The van der Waals surface area contributed by atoms with E-state index in [0.717, 1.165) is 12.3 Å².